The third kappa shape index (κ3) is 3.94. The molecule has 0 radical (unpaired) electrons. The quantitative estimate of drug-likeness (QED) is 0.918. The lowest BCUT2D eigenvalue weighted by Gasteiger charge is -2.29. The predicted octanol–water partition coefficient (Wildman–Crippen LogP) is 2.15. The first-order valence-electron chi connectivity index (χ1n) is 8.51. The molecule has 0 aliphatic carbocycles. The van der Waals surface area contributed by atoms with Gasteiger partial charge in [-0.3, -0.25) is 9.59 Å². The minimum Gasteiger partial charge on any atom is -0.334 e. The van der Waals surface area contributed by atoms with Gasteiger partial charge in [0.2, 0.25) is 11.8 Å². The molecular weight excluding hydrogens is 306 g/mol. The van der Waals surface area contributed by atoms with Crippen LogP contribution in [0.3, 0.4) is 0 Å². The molecule has 0 spiro atoms. The van der Waals surface area contributed by atoms with Crippen molar-refractivity contribution in [2.75, 3.05) is 25.5 Å². The number of hydrogen-bond acceptors (Lipinski definition) is 4. The average Bonchev–Trinajstić information content (AvgIpc) is 2.99. The van der Waals surface area contributed by atoms with Crippen molar-refractivity contribution >= 4 is 17.5 Å². The first-order valence-corrected chi connectivity index (χ1v) is 8.51. The van der Waals surface area contributed by atoms with E-state index in [1.807, 2.05) is 23.3 Å². The number of piperidine rings is 1. The van der Waals surface area contributed by atoms with Crippen LogP contribution in [0.4, 0.5) is 5.69 Å². The fraction of sp³-hybridized carbons (Fsp3) is 0.556. The summed E-state index contributed by atoms with van der Waals surface area (Å²) < 4.78 is 0. The Morgan fingerprint density at radius 3 is 2.58 bits per heavy atom. The molecule has 3 rings (SSSR count). The summed E-state index contributed by atoms with van der Waals surface area (Å²) in [4.78, 5) is 30.8. The van der Waals surface area contributed by atoms with Crippen molar-refractivity contribution in [3.05, 3.63) is 29.3 Å². The number of nitrogens with zero attached hydrogens (tertiary/aromatic N) is 2. The van der Waals surface area contributed by atoms with E-state index < -0.39 is 0 Å². The predicted molar refractivity (Wildman–Crippen MR) is 90.9 cm³/mol. The van der Waals surface area contributed by atoms with Crippen LogP contribution in [-0.4, -0.2) is 42.0 Å². The van der Waals surface area contributed by atoms with Gasteiger partial charge in [-0.2, -0.15) is 5.06 Å². The molecule has 1 saturated heterocycles. The molecule has 1 aromatic carbocycles. The number of hydrogen-bond donors (Lipinski definition) is 1. The number of benzene rings is 1. The molecule has 1 fully saturated rings. The van der Waals surface area contributed by atoms with Gasteiger partial charge in [-0.25, -0.2) is 0 Å². The Bertz CT molecular complexity index is 624. The molecule has 2 amide bonds. The lowest BCUT2D eigenvalue weighted by atomic mass is 9.94. The number of carbonyl (C=O) groups excluding carboxylic acids is 2. The van der Waals surface area contributed by atoms with E-state index in [0.717, 1.165) is 42.7 Å². The van der Waals surface area contributed by atoms with Crippen LogP contribution in [0.1, 0.15) is 37.3 Å². The van der Waals surface area contributed by atoms with E-state index >= 15 is 0 Å². The monoisotopic (exact) mass is 331 g/mol. The number of anilines is 1. The number of fused-ring (bicyclic) bond motifs is 1. The lowest BCUT2D eigenvalue weighted by Crippen LogP contribution is -2.34. The molecule has 0 saturated carbocycles. The highest BCUT2D eigenvalue weighted by Crippen LogP contribution is 2.26. The maximum absolute atomic E-state index is 12.3. The van der Waals surface area contributed by atoms with Gasteiger partial charge in [0, 0.05) is 45.2 Å². The number of amides is 2. The highest BCUT2D eigenvalue weighted by molar-refractivity contribution is 5.91. The first-order chi connectivity index (χ1) is 11.5. The van der Waals surface area contributed by atoms with E-state index in [1.165, 1.54) is 0 Å². The fourth-order valence-corrected chi connectivity index (χ4v) is 3.47. The summed E-state index contributed by atoms with van der Waals surface area (Å²) in [5.74, 6) is 0.561. The Morgan fingerprint density at radius 2 is 1.92 bits per heavy atom. The van der Waals surface area contributed by atoms with Gasteiger partial charge in [0.15, 0.2) is 0 Å². The Morgan fingerprint density at radius 1 is 1.21 bits per heavy atom. The van der Waals surface area contributed by atoms with Crippen molar-refractivity contribution in [2.45, 2.75) is 39.3 Å². The summed E-state index contributed by atoms with van der Waals surface area (Å²) in [5, 5.41) is 4.94. The highest BCUT2D eigenvalue weighted by atomic mass is 16.7. The van der Waals surface area contributed by atoms with E-state index in [4.69, 9.17) is 4.84 Å². The molecule has 24 heavy (non-hydrogen) atoms. The van der Waals surface area contributed by atoms with E-state index in [0.29, 0.717) is 25.4 Å². The smallest absolute Gasteiger partial charge is 0.224 e. The molecule has 1 N–H and O–H groups in total. The summed E-state index contributed by atoms with van der Waals surface area (Å²) in [7, 11) is 1.69. The number of nitrogens with one attached hydrogen (secondary N) is 1. The molecule has 2 aliphatic rings. The summed E-state index contributed by atoms with van der Waals surface area (Å²) in [6.07, 6.45) is 2.52. The van der Waals surface area contributed by atoms with Crippen LogP contribution in [0.25, 0.3) is 0 Å². The summed E-state index contributed by atoms with van der Waals surface area (Å²) in [6, 6.07) is 5.92. The van der Waals surface area contributed by atoms with Crippen molar-refractivity contribution < 1.29 is 14.4 Å². The largest absolute Gasteiger partial charge is 0.334 e. The maximum Gasteiger partial charge on any atom is 0.224 e. The second-order valence-electron chi connectivity index (χ2n) is 6.67. The zero-order valence-corrected chi connectivity index (χ0v) is 14.4. The molecule has 6 nitrogen and oxygen atoms in total. The van der Waals surface area contributed by atoms with Crippen LogP contribution < -0.4 is 5.32 Å². The van der Waals surface area contributed by atoms with Crippen LogP contribution in [-0.2, 0) is 27.5 Å². The van der Waals surface area contributed by atoms with Gasteiger partial charge < -0.3 is 15.1 Å². The first kappa shape index (κ1) is 16.9. The molecule has 2 heterocycles. The van der Waals surface area contributed by atoms with Crippen LogP contribution in [0, 0.1) is 5.92 Å². The zero-order chi connectivity index (χ0) is 17.1. The van der Waals surface area contributed by atoms with Gasteiger partial charge in [0.25, 0.3) is 0 Å². The minimum absolute atomic E-state index is 0.0623. The summed E-state index contributed by atoms with van der Waals surface area (Å²) in [5.41, 5.74) is 3.10. The van der Waals surface area contributed by atoms with Crippen LogP contribution in [0.5, 0.6) is 0 Å². The molecule has 0 bridgehead atoms. The van der Waals surface area contributed by atoms with Crippen LogP contribution in [0.15, 0.2) is 18.2 Å². The SMILES string of the molecule is CON1CCC(CC(=O)Nc2ccc3c(c2)CN(C(C)=O)C3)CC1. The van der Waals surface area contributed by atoms with Crippen molar-refractivity contribution in [1.29, 1.82) is 0 Å². The molecule has 2 aliphatic heterocycles. The van der Waals surface area contributed by atoms with Gasteiger partial charge in [-0.1, -0.05) is 6.07 Å². The average molecular weight is 331 g/mol. The maximum atomic E-state index is 12.3. The highest BCUT2D eigenvalue weighted by Gasteiger charge is 2.23. The van der Waals surface area contributed by atoms with Crippen LogP contribution in [0.2, 0.25) is 0 Å². The van der Waals surface area contributed by atoms with Crippen LogP contribution >= 0.6 is 0 Å². The Kier molecular flexibility index (Phi) is 5.16. The summed E-state index contributed by atoms with van der Waals surface area (Å²) in [6.45, 7) is 4.65. The Labute approximate surface area is 142 Å². The molecule has 0 unspecified atom stereocenters. The molecule has 1 aromatic rings. The van der Waals surface area contributed by atoms with Gasteiger partial charge in [-0.15, -0.1) is 0 Å². The normalized spacial score (nSPS) is 18.5. The third-order valence-electron chi connectivity index (χ3n) is 4.96. The van der Waals surface area contributed by atoms with Gasteiger partial charge in [0.05, 0.1) is 7.11 Å². The lowest BCUT2D eigenvalue weighted by molar-refractivity contribution is -0.149. The van der Waals surface area contributed by atoms with E-state index in [-0.39, 0.29) is 11.8 Å². The van der Waals surface area contributed by atoms with Crippen molar-refractivity contribution in [3.63, 3.8) is 0 Å². The van der Waals surface area contributed by atoms with E-state index in [1.54, 1.807) is 18.9 Å². The fourth-order valence-electron chi connectivity index (χ4n) is 3.47. The Hall–Kier alpha value is -1.92. The van der Waals surface area contributed by atoms with Gasteiger partial charge >= 0.3 is 0 Å². The zero-order valence-electron chi connectivity index (χ0n) is 14.4. The molecular formula is C18H25N3O3. The Balaban J connectivity index is 1.53. The molecule has 0 atom stereocenters. The number of carbonyl (C=O) groups is 2. The molecule has 130 valence electrons. The standard InChI is InChI=1S/C18H25N3O3/c1-13(22)20-11-15-3-4-17(10-16(15)12-20)19-18(23)9-14-5-7-21(24-2)8-6-14/h3-4,10,14H,5-9,11-12H2,1-2H3,(H,19,23). The number of hydroxylamine groups is 2. The third-order valence-corrected chi connectivity index (χ3v) is 4.96. The van der Waals surface area contributed by atoms with Gasteiger partial charge in [-0.05, 0) is 42.0 Å². The molecule has 0 aromatic heterocycles. The minimum atomic E-state index is 0.0623. The van der Waals surface area contributed by atoms with E-state index in [2.05, 4.69) is 5.32 Å². The van der Waals surface area contributed by atoms with E-state index in [9.17, 15) is 9.59 Å². The summed E-state index contributed by atoms with van der Waals surface area (Å²) >= 11 is 0. The second-order valence-corrected chi connectivity index (χ2v) is 6.67. The topological polar surface area (TPSA) is 61.9 Å². The van der Waals surface area contributed by atoms with Crippen molar-refractivity contribution in [1.82, 2.24) is 9.96 Å². The molecule has 6 heteroatoms. The second kappa shape index (κ2) is 7.32. The van der Waals surface area contributed by atoms with Gasteiger partial charge in [0.1, 0.15) is 0 Å². The van der Waals surface area contributed by atoms with Crippen molar-refractivity contribution in [2.24, 2.45) is 5.92 Å². The van der Waals surface area contributed by atoms with Crippen molar-refractivity contribution in [3.8, 4) is 0 Å². The number of rotatable bonds is 4.